The maximum atomic E-state index is 12.6. The first-order chi connectivity index (χ1) is 9.95. The zero-order valence-electron chi connectivity index (χ0n) is 12.3. The number of hydrogen-bond acceptors (Lipinski definition) is 4. The summed E-state index contributed by atoms with van der Waals surface area (Å²) >= 11 is 1.55. The summed E-state index contributed by atoms with van der Waals surface area (Å²) in [5.74, 6) is -1.32. The van der Waals surface area contributed by atoms with Crippen molar-refractivity contribution in [2.45, 2.75) is 25.8 Å². The molecule has 2 atom stereocenters. The molecule has 4 amide bonds. The monoisotopic (exact) mass is 306 g/mol. The molecule has 1 aromatic rings. The highest BCUT2D eigenvalue weighted by Gasteiger charge is 2.43. The molecule has 21 heavy (non-hydrogen) atoms. The number of nitrogens with zero attached hydrogens (tertiary/aromatic N) is 1. The number of thioether (sulfide) groups is 1. The van der Waals surface area contributed by atoms with Gasteiger partial charge in [-0.25, -0.2) is 4.79 Å². The van der Waals surface area contributed by atoms with E-state index < -0.39 is 23.8 Å². The molecule has 1 saturated heterocycles. The van der Waals surface area contributed by atoms with E-state index in [0.717, 1.165) is 10.5 Å². The van der Waals surface area contributed by atoms with Gasteiger partial charge < -0.3 is 0 Å². The minimum absolute atomic E-state index is 0.257. The average molecular weight is 306 g/mol. The molecule has 2 rings (SSSR count). The molecule has 1 aliphatic heterocycles. The number of barbiturate groups is 1. The molecule has 2 unspecified atom stereocenters. The summed E-state index contributed by atoms with van der Waals surface area (Å²) in [6, 6.07) is 6.35. The highest BCUT2D eigenvalue weighted by Crippen LogP contribution is 2.25. The van der Waals surface area contributed by atoms with Gasteiger partial charge in [0.15, 0.2) is 0 Å². The second kappa shape index (κ2) is 6.30. The third-order valence-electron chi connectivity index (χ3n) is 3.42. The number of carbonyl (C=O) groups excluding carboxylic acids is 3. The second-order valence-electron chi connectivity index (χ2n) is 5.15. The Morgan fingerprint density at radius 1 is 1.33 bits per heavy atom. The van der Waals surface area contributed by atoms with Crippen molar-refractivity contribution in [3.8, 4) is 0 Å². The predicted octanol–water partition coefficient (Wildman–Crippen LogP) is 1.91. The molecule has 0 radical (unpaired) electrons. The van der Waals surface area contributed by atoms with Crippen LogP contribution < -0.4 is 5.32 Å². The molecule has 0 aliphatic carbocycles. The quantitative estimate of drug-likeness (QED) is 0.863. The van der Waals surface area contributed by atoms with E-state index in [1.165, 1.54) is 0 Å². The highest BCUT2D eigenvalue weighted by atomic mass is 32.2. The largest absolute Gasteiger partial charge is 0.331 e. The summed E-state index contributed by atoms with van der Waals surface area (Å²) in [5, 5.41) is 2.29. The van der Waals surface area contributed by atoms with Crippen molar-refractivity contribution >= 4 is 29.6 Å². The van der Waals surface area contributed by atoms with Crippen LogP contribution in [0.4, 0.5) is 4.79 Å². The summed E-state index contributed by atoms with van der Waals surface area (Å²) < 4.78 is 0. The fourth-order valence-electron chi connectivity index (χ4n) is 2.47. The first kappa shape index (κ1) is 15.6. The molecule has 0 bridgehead atoms. The lowest BCUT2D eigenvalue weighted by molar-refractivity contribution is -0.139. The van der Waals surface area contributed by atoms with Gasteiger partial charge in [-0.05, 0) is 25.7 Å². The summed E-state index contributed by atoms with van der Waals surface area (Å²) in [7, 11) is 0. The number of imide groups is 2. The lowest BCUT2D eigenvalue weighted by atomic mass is 9.93. The number of nitrogens with one attached hydrogen (secondary N) is 1. The Morgan fingerprint density at radius 2 is 2.05 bits per heavy atom. The van der Waals surface area contributed by atoms with Crippen LogP contribution in [0.15, 0.2) is 24.3 Å². The fraction of sp³-hybridized carbons (Fsp3) is 0.400. The molecule has 0 saturated carbocycles. The van der Waals surface area contributed by atoms with Crippen LogP contribution in [0.1, 0.15) is 24.0 Å². The van der Waals surface area contributed by atoms with E-state index in [1.807, 2.05) is 19.2 Å². The summed E-state index contributed by atoms with van der Waals surface area (Å²) in [5.41, 5.74) is 1.58. The predicted molar refractivity (Wildman–Crippen MR) is 82.1 cm³/mol. The van der Waals surface area contributed by atoms with E-state index in [1.54, 1.807) is 36.9 Å². The van der Waals surface area contributed by atoms with E-state index in [0.29, 0.717) is 11.3 Å². The van der Waals surface area contributed by atoms with Gasteiger partial charge in [0.05, 0.1) is 0 Å². The van der Waals surface area contributed by atoms with E-state index in [-0.39, 0.29) is 6.04 Å². The van der Waals surface area contributed by atoms with Gasteiger partial charge in [0.2, 0.25) is 11.8 Å². The molecule has 1 fully saturated rings. The van der Waals surface area contributed by atoms with Crippen molar-refractivity contribution in [1.82, 2.24) is 10.2 Å². The van der Waals surface area contributed by atoms with E-state index in [4.69, 9.17) is 0 Å². The SMILES string of the molecule is CSCC(C)N1C(=O)NC(=O)C(c2cccc(C)c2)C1=O. The molecule has 0 aromatic heterocycles. The summed E-state index contributed by atoms with van der Waals surface area (Å²) in [4.78, 5) is 37.8. The topological polar surface area (TPSA) is 66.5 Å². The van der Waals surface area contributed by atoms with Crippen molar-refractivity contribution in [3.05, 3.63) is 35.4 Å². The minimum Gasteiger partial charge on any atom is -0.277 e. The first-order valence-electron chi connectivity index (χ1n) is 6.69. The molecule has 1 aliphatic rings. The third-order valence-corrected chi connectivity index (χ3v) is 4.24. The summed E-state index contributed by atoms with van der Waals surface area (Å²) in [6.07, 6.45) is 1.91. The van der Waals surface area contributed by atoms with Gasteiger partial charge in [-0.1, -0.05) is 29.8 Å². The van der Waals surface area contributed by atoms with Crippen LogP contribution in [-0.4, -0.2) is 40.8 Å². The van der Waals surface area contributed by atoms with Crippen LogP contribution in [0, 0.1) is 6.92 Å². The van der Waals surface area contributed by atoms with Crippen molar-refractivity contribution in [2.24, 2.45) is 0 Å². The first-order valence-corrected chi connectivity index (χ1v) is 8.08. The van der Waals surface area contributed by atoms with Crippen LogP contribution >= 0.6 is 11.8 Å². The van der Waals surface area contributed by atoms with Gasteiger partial charge >= 0.3 is 6.03 Å². The average Bonchev–Trinajstić information content (AvgIpc) is 2.38. The van der Waals surface area contributed by atoms with Gasteiger partial charge in [-0.15, -0.1) is 0 Å². The zero-order chi connectivity index (χ0) is 15.6. The maximum absolute atomic E-state index is 12.6. The Hall–Kier alpha value is -1.82. The van der Waals surface area contributed by atoms with Crippen molar-refractivity contribution in [3.63, 3.8) is 0 Å². The second-order valence-corrected chi connectivity index (χ2v) is 6.06. The van der Waals surface area contributed by atoms with Gasteiger partial charge in [-0.3, -0.25) is 19.8 Å². The van der Waals surface area contributed by atoms with Gasteiger partial charge in [-0.2, -0.15) is 11.8 Å². The van der Waals surface area contributed by atoms with Crippen LogP contribution in [0.2, 0.25) is 0 Å². The summed E-state index contributed by atoms with van der Waals surface area (Å²) in [6.45, 7) is 3.70. The molecule has 1 heterocycles. The number of benzene rings is 1. The van der Waals surface area contributed by atoms with Crippen LogP contribution in [-0.2, 0) is 9.59 Å². The van der Waals surface area contributed by atoms with Crippen LogP contribution in [0.25, 0.3) is 0 Å². The van der Waals surface area contributed by atoms with E-state index in [2.05, 4.69) is 5.32 Å². The zero-order valence-corrected chi connectivity index (χ0v) is 13.1. The Labute approximate surface area is 128 Å². The Bertz CT molecular complexity index is 588. The Morgan fingerprint density at radius 3 is 2.67 bits per heavy atom. The van der Waals surface area contributed by atoms with E-state index >= 15 is 0 Å². The number of urea groups is 1. The number of amides is 4. The molecule has 1 N–H and O–H groups in total. The number of aryl methyl sites for hydroxylation is 1. The fourth-order valence-corrected chi connectivity index (χ4v) is 3.10. The normalized spacial score (nSPS) is 20.4. The van der Waals surface area contributed by atoms with Crippen molar-refractivity contribution in [2.75, 3.05) is 12.0 Å². The molecule has 1 aromatic carbocycles. The standard InChI is InChI=1S/C15H18N2O3S/c1-9-5-4-6-11(7-9)12-13(18)16-15(20)17(14(12)19)10(2)8-21-3/h4-7,10,12H,8H2,1-3H3,(H,16,18,20). The van der Waals surface area contributed by atoms with Gasteiger partial charge in [0, 0.05) is 11.8 Å². The van der Waals surface area contributed by atoms with E-state index in [9.17, 15) is 14.4 Å². The van der Waals surface area contributed by atoms with Gasteiger partial charge in [0.25, 0.3) is 0 Å². The van der Waals surface area contributed by atoms with Crippen LogP contribution in [0.5, 0.6) is 0 Å². The minimum atomic E-state index is -0.952. The molecule has 112 valence electrons. The molecule has 0 spiro atoms. The highest BCUT2D eigenvalue weighted by molar-refractivity contribution is 7.98. The Kier molecular flexibility index (Phi) is 4.67. The van der Waals surface area contributed by atoms with Crippen molar-refractivity contribution in [1.29, 1.82) is 0 Å². The van der Waals surface area contributed by atoms with Gasteiger partial charge in [0.1, 0.15) is 5.92 Å². The van der Waals surface area contributed by atoms with Crippen LogP contribution in [0.3, 0.4) is 0 Å². The number of rotatable bonds is 4. The third kappa shape index (κ3) is 3.10. The molecule has 5 nitrogen and oxygen atoms in total. The Balaban J connectivity index is 2.35. The smallest absolute Gasteiger partial charge is 0.277 e. The maximum Gasteiger partial charge on any atom is 0.331 e. The van der Waals surface area contributed by atoms with Crippen molar-refractivity contribution < 1.29 is 14.4 Å². The lowest BCUT2D eigenvalue weighted by Crippen LogP contribution is -2.59. The number of hydrogen-bond donors (Lipinski definition) is 1. The molecule has 6 heteroatoms. The lowest BCUT2D eigenvalue weighted by Gasteiger charge is -2.34. The molecular weight excluding hydrogens is 288 g/mol. The molecular formula is C15H18N2O3S. The number of carbonyl (C=O) groups is 3.